The maximum Gasteiger partial charge on any atom is 0.0951 e. The van der Waals surface area contributed by atoms with E-state index in [1.54, 1.807) is 17.5 Å². The van der Waals surface area contributed by atoms with Gasteiger partial charge in [0, 0.05) is 20.9 Å². The quantitative estimate of drug-likeness (QED) is 0.792. The van der Waals surface area contributed by atoms with Gasteiger partial charge in [0.15, 0.2) is 0 Å². The number of halogens is 2. The molecule has 0 N–H and O–H groups in total. The first-order chi connectivity index (χ1) is 6.79. The first kappa shape index (κ1) is 10.2. The molecule has 0 fully saturated rings. The molecule has 0 spiro atoms. The molecule has 0 unspecified atom stereocenters. The highest BCUT2D eigenvalue weighted by Crippen LogP contribution is 2.21. The number of imidazole rings is 1. The molecule has 5 heteroatoms. The monoisotopic (exact) mass is 290 g/mol. The van der Waals surface area contributed by atoms with E-state index in [9.17, 15) is 0 Å². The van der Waals surface area contributed by atoms with E-state index in [1.165, 1.54) is 4.88 Å². The summed E-state index contributed by atoms with van der Waals surface area (Å²) in [5, 5.41) is 2.08. The Bertz CT molecular complexity index is 424. The minimum absolute atomic E-state index is 0.506. The van der Waals surface area contributed by atoms with Crippen molar-refractivity contribution in [1.29, 1.82) is 0 Å². The van der Waals surface area contributed by atoms with Gasteiger partial charge >= 0.3 is 0 Å². The van der Waals surface area contributed by atoms with Crippen molar-refractivity contribution >= 4 is 38.9 Å². The molecule has 0 aliphatic rings. The van der Waals surface area contributed by atoms with Crippen molar-refractivity contribution in [2.75, 3.05) is 0 Å². The van der Waals surface area contributed by atoms with Gasteiger partial charge in [0.05, 0.1) is 24.4 Å². The fraction of sp³-hybridized carbons (Fsp3) is 0.222. The van der Waals surface area contributed by atoms with Crippen molar-refractivity contribution < 1.29 is 0 Å². The molecule has 14 heavy (non-hydrogen) atoms. The second kappa shape index (κ2) is 4.47. The molecule has 74 valence electrons. The van der Waals surface area contributed by atoms with Crippen LogP contribution < -0.4 is 0 Å². The van der Waals surface area contributed by atoms with Crippen molar-refractivity contribution in [3.63, 3.8) is 0 Å². The summed E-state index contributed by atoms with van der Waals surface area (Å²) in [6, 6.07) is 2.11. The van der Waals surface area contributed by atoms with Gasteiger partial charge in [-0.05, 0) is 22.0 Å². The zero-order valence-electron chi connectivity index (χ0n) is 7.28. The standard InChI is InChI=1S/C9H8BrClN2S/c10-7-1-9(14-5-7)4-13-6-12-3-8(13)2-11/h1,3,5-6H,2,4H2. The topological polar surface area (TPSA) is 17.8 Å². The minimum Gasteiger partial charge on any atom is -0.328 e. The summed E-state index contributed by atoms with van der Waals surface area (Å²) in [4.78, 5) is 5.36. The fourth-order valence-corrected chi connectivity index (χ4v) is 2.88. The molecule has 2 rings (SSSR count). The lowest BCUT2D eigenvalue weighted by Crippen LogP contribution is -1.99. The zero-order chi connectivity index (χ0) is 9.97. The molecule has 0 saturated heterocycles. The maximum absolute atomic E-state index is 5.78. The zero-order valence-corrected chi connectivity index (χ0v) is 10.4. The molecule has 0 atom stereocenters. The van der Waals surface area contributed by atoms with E-state index in [0.29, 0.717) is 5.88 Å². The third kappa shape index (κ3) is 2.19. The molecule has 2 nitrogen and oxygen atoms in total. The Hall–Kier alpha value is -0.320. The van der Waals surface area contributed by atoms with E-state index >= 15 is 0 Å². The Morgan fingerprint density at radius 2 is 2.43 bits per heavy atom. The number of rotatable bonds is 3. The van der Waals surface area contributed by atoms with Gasteiger partial charge in [-0.1, -0.05) is 0 Å². The number of hydrogen-bond acceptors (Lipinski definition) is 2. The lowest BCUT2D eigenvalue weighted by molar-refractivity contribution is 0.775. The van der Waals surface area contributed by atoms with E-state index in [2.05, 4.69) is 36.9 Å². The third-order valence-corrected chi connectivity index (χ3v) is 3.84. The highest BCUT2D eigenvalue weighted by atomic mass is 79.9. The van der Waals surface area contributed by atoms with Gasteiger partial charge < -0.3 is 4.57 Å². The predicted octanol–water partition coefficient (Wildman–Crippen LogP) is 3.49. The van der Waals surface area contributed by atoms with Crippen molar-refractivity contribution in [3.05, 3.63) is 39.0 Å². The fourth-order valence-electron chi connectivity index (χ4n) is 1.21. The van der Waals surface area contributed by atoms with Crippen LogP contribution in [0.2, 0.25) is 0 Å². The van der Waals surface area contributed by atoms with Crippen molar-refractivity contribution in [2.45, 2.75) is 12.4 Å². The van der Waals surface area contributed by atoms with Gasteiger partial charge in [-0.25, -0.2) is 4.98 Å². The summed E-state index contributed by atoms with van der Waals surface area (Å²) in [5.74, 6) is 0.506. The lowest BCUT2D eigenvalue weighted by atomic mass is 10.4. The summed E-state index contributed by atoms with van der Waals surface area (Å²) in [7, 11) is 0. The molecule has 2 heterocycles. The van der Waals surface area contributed by atoms with Gasteiger partial charge in [-0.3, -0.25) is 0 Å². The Labute approximate surface area is 99.7 Å². The molecule has 2 aromatic heterocycles. The molecule has 0 saturated carbocycles. The molecular formula is C9H8BrClN2S. The van der Waals surface area contributed by atoms with Gasteiger partial charge in [-0.15, -0.1) is 22.9 Å². The van der Waals surface area contributed by atoms with Crippen LogP contribution in [0.1, 0.15) is 10.6 Å². The van der Waals surface area contributed by atoms with E-state index in [4.69, 9.17) is 11.6 Å². The summed E-state index contributed by atoms with van der Waals surface area (Å²) < 4.78 is 3.19. The van der Waals surface area contributed by atoms with E-state index in [0.717, 1.165) is 16.7 Å². The highest BCUT2D eigenvalue weighted by molar-refractivity contribution is 9.10. The summed E-state index contributed by atoms with van der Waals surface area (Å²) >= 11 is 10.9. The van der Waals surface area contributed by atoms with Crippen LogP contribution in [-0.4, -0.2) is 9.55 Å². The summed E-state index contributed by atoms with van der Waals surface area (Å²) in [6.45, 7) is 0.846. The average Bonchev–Trinajstić information content (AvgIpc) is 2.76. The molecule has 2 aromatic rings. The molecule has 0 aromatic carbocycles. The molecule has 0 amide bonds. The van der Waals surface area contributed by atoms with Crippen LogP contribution in [0.15, 0.2) is 28.4 Å². The smallest absolute Gasteiger partial charge is 0.0951 e. The first-order valence-electron chi connectivity index (χ1n) is 4.07. The largest absolute Gasteiger partial charge is 0.328 e. The van der Waals surface area contributed by atoms with Crippen LogP contribution in [0.5, 0.6) is 0 Å². The Morgan fingerprint density at radius 3 is 3.07 bits per heavy atom. The number of aromatic nitrogens is 2. The predicted molar refractivity (Wildman–Crippen MR) is 62.9 cm³/mol. The van der Waals surface area contributed by atoms with Crippen molar-refractivity contribution in [1.82, 2.24) is 9.55 Å². The van der Waals surface area contributed by atoms with Gasteiger partial charge in [0.2, 0.25) is 0 Å². The normalized spacial score (nSPS) is 10.7. The molecule has 0 aliphatic heterocycles. The minimum atomic E-state index is 0.506. The van der Waals surface area contributed by atoms with Crippen molar-refractivity contribution in [2.24, 2.45) is 0 Å². The number of nitrogens with zero attached hydrogens (tertiary/aromatic N) is 2. The lowest BCUT2D eigenvalue weighted by Gasteiger charge is -2.02. The Balaban J connectivity index is 2.18. The molecular weight excluding hydrogens is 284 g/mol. The molecule has 0 bridgehead atoms. The van der Waals surface area contributed by atoms with E-state index < -0.39 is 0 Å². The SMILES string of the molecule is ClCc1cncn1Cc1cc(Br)cs1. The van der Waals surface area contributed by atoms with Crippen LogP contribution in [0.25, 0.3) is 0 Å². The van der Waals surface area contributed by atoms with Gasteiger partial charge in [-0.2, -0.15) is 0 Å². The Kier molecular flexibility index (Phi) is 3.26. The first-order valence-corrected chi connectivity index (χ1v) is 6.28. The molecule has 0 radical (unpaired) electrons. The summed E-state index contributed by atoms with van der Waals surface area (Å²) in [5.41, 5.74) is 1.05. The van der Waals surface area contributed by atoms with Crippen LogP contribution in [0, 0.1) is 0 Å². The third-order valence-electron chi connectivity index (χ3n) is 1.88. The van der Waals surface area contributed by atoms with Crippen molar-refractivity contribution in [3.8, 4) is 0 Å². The average molecular weight is 292 g/mol. The molecule has 0 aliphatic carbocycles. The van der Waals surface area contributed by atoms with Gasteiger partial charge in [0.1, 0.15) is 0 Å². The van der Waals surface area contributed by atoms with Gasteiger partial charge in [0.25, 0.3) is 0 Å². The highest BCUT2D eigenvalue weighted by Gasteiger charge is 2.03. The van der Waals surface area contributed by atoms with Crippen LogP contribution >= 0.6 is 38.9 Å². The van der Waals surface area contributed by atoms with E-state index in [1.807, 2.05) is 6.33 Å². The number of alkyl halides is 1. The number of hydrogen-bond donors (Lipinski definition) is 0. The van der Waals surface area contributed by atoms with E-state index in [-0.39, 0.29) is 0 Å². The van der Waals surface area contributed by atoms with Crippen LogP contribution in [0.4, 0.5) is 0 Å². The number of thiophene rings is 1. The van der Waals surface area contributed by atoms with Crippen LogP contribution in [-0.2, 0) is 12.4 Å². The summed E-state index contributed by atoms with van der Waals surface area (Å²) in [6.07, 6.45) is 3.61. The maximum atomic E-state index is 5.78. The Morgan fingerprint density at radius 1 is 1.57 bits per heavy atom. The second-order valence-electron chi connectivity index (χ2n) is 2.88. The van der Waals surface area contributed by atoms with Crippen LogP contribution in [0.3, 0.4) is 0 Å². The second-order valence-corrected chi connectivity index (χ2v) is 5.06.